The summed E-state index contributed by atoms with van der Waals surface area (Å²) in [5.41, 5.74) is 2.30. The summed E-state index contributed by atoms with van der Waals surface area (Å²) in [6.45, 7) is 7.71. The van der Waals surface area contributed by atoms with E-state index in [2.05, 4.69) is 36.9 Å². The number of aliphatic hydroxyl groups is 1. The van der Waals surface area contributed by atoms with Crippen molar-refractivity contribution in [3.05, 3.63) is 29.8 Å². The van der Waals surface area contributed by atoms with Gasteiger partial charge >= 0.3 is 0 Å². The van der Waals surface area contributed by atoms with Crippen LogP contribution >= 0.6 is 0 Å². The predicted octanol–water partition coefficient (Wildman–Crippen LogP) is 3.36. The molecule has 17 heavy (non-hydrogen) atoms. The van der Waals surface area contributed by atoms with Crippen molar-refractivity contribution in [3.63, 3.8) is 0 Å². The van der Waals surface area contributed by atoms with Gasteiger partial charge in [-0.25, -0.2) is 0 Å². The molecule has 0 spiro atoms. The van der Waals surface area contributed by atoms with Gasteiger partial charge in [0.1, 0.15) is 0 Å². The minimum absolute atomic E-state index is 0.339. The molecule has 94 valence electrons. The molecule has 1 aliphatic rings. The Morgan fingerprint density at radius 1 is 1.35 bits per heavy atom. The zero-order valence-electron chi connectivity index (χ0n) is 11.1. The topological polar surface area (TPSA) is 23.5 Å². The number of anilines is 1. The van der Waals surface area contributed by atoms with Gasteiger partial charge in [0.05, 0.1) is 6.10 Å². The molecule has 2 heteroatoms. The Morgan fingerprint density at radius 3 is 2.65 bits per heavy atom. The van der Waals surface area contributed by atoms with Gasteiger partial charge in [-0.1, -0.05) is 32.0 Å². The number of hydrogen-bond acceptors (Lipinski definition) is 2. The lowest BCUT2D eigenvalue weighted by atomic mass is 10.0. The smallest absolute Gasteiger partial charge is 0.0807 e. The lowest BCUT2D eigenvalue weighted by Gasteiger charge is -2.28. The van der Waals surface area contributed by atoms with Crippen molar-refractivity contribution in [1.29, 1.82) is 0 Å². The van der Waals surface area contributed by atoms with E-state index in [0.29, 0.717) is 6.04 Å². The first-order chi connectivity index (χ1) is 8.13. The summed E-state index contributed by atoms with van der Waals surface area (Å²) < 4.78 is 0. The number of nitrogens with zero attached hydrogens (tertiary/aromatic N) is 1. The van der Waals surface area contributed by atoms with Crippen molar-refractivity contribution in [1.82, 2.24) is 0 Å². The normalized spacial score (nSPS) is 26.2. The molecule has 1 fully saturated rings. The van der Waals surface area contributed by atoms with Gasteiger partial charge < -0.3 is 10.0 Å². The summed E-state index contributed by atoms with van der Waals surface area (Å²) >= 11 is 0. The van der Waals surface area contributed by atoms with E-state index in [9.17, 15) is 5.11 Å². The Balaban J connectivity index is 2.31. The zero-order valence-corrected chi connectivity index (χ0v) is 11.1. The molecule has 2 nitrogen and oxygen atoms in total. The first-order valence-electron chi connectivity index (χ1n) is 6.67. The maximum atomic E-state index is 10.1. The molecule has 2 unspecified atom stereocenters. The molecule has 1 aromatic rings. The molecule has 0 bridgehead atoms. The summed E-state index contributed by atoms with van der Waals surface area (Å²) in [6, 6.07) is 8.86. The van der Waals surface area contributed by atoms with Gasteiger partial charge in [-0.05, 0) is 31.7 Å². The van der Waals surface area contributed by atoms with Crippen LogP contribution < -0.4 is 4.90 Å². The summed E-state index contributed by atoms with van der Waals surface area (Å²) in [5.74, 6) is 0.747. The van der Waals surface area contributed by atoms with E-state index in [1.807, 2.05) is 13.0 Å². The highest BCUT2D eigenvalue weighted by Crippen LogP contribution is 2.34. The number of benzene rings is 1. The van der Waals surface area contributed by atoms with E-state index in [-0.39, 0.29) is 6.10 Å². The summed E-state index contributed by atoms with van der Waals surface area (Å²) in [6.07, 6.45) is 1.68. The lowest BCUT2D eigenvalue weighted by Crippen LogP contribution is -2.28. The van der Waals surface area contributed by atoms with Gasteiger partial charge in [0.15, 0.2) is 0 Å². The quantitative estimate of drug-likeness (QED) is 0.865. The Hall–Kier alpha value is -1.02. The fourth-order valence-electron chi connectivity index (χ4n) is 2.89. The molecule has 1 saturated heterocycles. The van der Waals surface area contributed by atoms with Crippen LogP contribution in [0.3, 0.4) is 0 Å². The van der Waals surface area contributed by atoms with E-state index in [0.717, 1.165) is 24.4 Å². The van der Waals surface area contributed by atoms with Crippen molar-refractivity contribution in [3.8, 4) is 0 Å². The Bertz CT molecular complexity index is 377. The molecule has 1 aromatic carbocycles. The summed E-state index contributed by atoms with van der Waals surface area (Å²) in [5, 5.41) is 10.1. The molecular formula is C15H23NO. The second-order valence-electron chi connectivity index (χ2n) is 5.33. The van der Waals surface area contributed by atoms with E-state index in [4.69, 9.17) is 0 Å². The number of para-hydroxylation sites is 1. The third-order valence-corrected chi connectivity index (χ3v) is 3.78. The van der Waals surface area contributed by atoms with Crippen molar-refractivity contribution in [2.75, 3.05) is 11.4 Å². The minimum atomic E-state index is -0.339. The summed E-state index contributed by atoms with van der Waals surface area (Å²) in [7, 11) is 0. The lowest BCUT2D eigenvalue weighted by molar-refractivity contribution is 0.174. The monoisotopic (exact) mass is 233 g/mol. The fourth-order valence-corrected chi connectivity index (χ4v) is 2.89. The Kier molecular flexibility index (Phi) is 3.72. The van der Waals surface area contributed by atoms with Crippen LogP contribution in [0, 0.1) is 5.92 Å². The van der Waals surface area contributed by atoms with Gasteiger partial charge in [0, 0.05) is 23.8 Å². The third kappa shape index (κ3) is 2.47. The number of rotatable bonds is 3. The van der Waals surface area contributed by atoms with Crippen LogP contribution in [-0.2, 0) is 0 Å². The molecule has 0 aliphatic carbocycles. The van der Waals surface area contributed by atoms with Crippen LogP contribution in [0.25, 0.3) is 0 Å². The molecule has 0 aromatic heterocycles. The molecule has 1 N–H and O–H groups in total. The molecule has 0 amide bonds. The highest BCUT2D eigenvalue weighted by Gasteiger charge is 2.28. The highest BCUT2D eigenvalue weighted by atomic mass is 16.3. The first-order valence-corrected chi connectivity index (χ1v) is 6.67. The molecule has 1 aliphatic heterocycles. The van der Waals surface area contributed by atoms with E-state index in [1.54, 1.807) is 0 Å². The fraction of sp³-hybridized carbons (Fsp3) is 0.600. The van der Waals surface area contributed by atoms with Crippen molar-refractivity contribution >= 4 is 5.69 Å². The Morgan fingerprint density at radius 2 is 2.06 bits per heavy atom. The highest BCUT2D eigenvalue weighted by molar-refractivity contribution is 5.56. The van der Waals surface area contributed by atoms with Gasteiger partial charge in [-0.3, -0.25) is 0 Å². The number of hydrogen-bond donors (Lipinski definition) is 1. The van der Waals surface area contributed by atoms with Crippen molar-refractivity contribution < 1.29 is 5.11 Å². The molecule has 0 saturated carbocycles. The van der Waals surface area contributed by atoms with Crippen molar-refractivity contribution in [2.45, 2.75) is 45.8 Å². The minimum Gasteiger partial charge on any atom is -0.388 e. The molecule has 1 heterocycles. The molecular weight excluding hydrogens is 210 g/mol. The average molecular weight is 233 g/mol. The second kappa shape index (κ2) is 5.09. The van der Waals surface area contributed by atoms with Crippen LogP contribution in [0.4, 0.5) is 5.69 Å². The van der Waals surface area contributed by atoms with Crippen molar-refractivity contribution in [2.24, 2.45) is 5.92 Å². The van der Waals surface area contributed by atoms with Gasteiger partial charge in [-0.2, -0.15) is 0 Å². The molecule has 3 atom stereocenters. The first kappa shape index (κ1) is 12.4. The second-order valence-corrected chi connectivity index (χ2v) is 5.33. The standard InChI is InChI=1S/C15H23NO/c1-4-15(17)13-7-5-6-8-14(13)16-10-11(2)9-12(16)3/h5-8,11-12,15,17H,4,9-10H2,1-3H3/t11?,12?,15-/m1/s1. The zero-order chi connectivity index (χ0) is 12.4. The van der Waals surface area contributed by atoms with Crippen LogP contribution in [-0.4, -0.2) is 17.7 Å². The maximum absolute atomic E-state index is 10.1. The Labute approximate surface area is 104 Å². The molecule has 2 rings (SSSR count). The maximum Gasteiger partial charge on any atom is 0.0807 e. The number of aliphatic hydroxyl groups excluding tert-OH is 1. The van der Waals surface area contributed by atoms with Gasteiger partial charge in [-0.15, -0.1) is 0 Å². The predicted molar refractivity (Wildman–Crippen MR) is 72.3 cm³/mol. The summed E-state index contributed by atoms with van der Waals surface area (Å²) in [4.78, 5) is 2.44. The van der Waals surface area contributed by atoms with E-state index in [1.165, 1.54) is 12.1 Å². The van der Waals surface area contributed by atoms with Crippen LogP contribution in [0.2, 0.25) is 0 Å². The average Bonchev–Trinajstić information content (AvgIpc) is 2.67. The molecule has 0 radical (unpaired) electrons. The largest absolute Gasteiger partial charge is 0.388 e. The third-order valence-electron chi connectivity index (χ3n) is 3.78. The SMILES string of the molecule is CC[C@@H](O)c1ccccc1N1CC(C)CC1C. The van der Waals surface area contributed by atoms with Crippen LogP contribution in [0.15, 0.2) is 24.3 Å². The van der Waals surface area contributed by atoms with E-state index < -0.39 is 0 Å². The van der Waals surface area contributed by atoms with Gasteiger partial charge in [0.25, 0.3) is 0 Å². The van der Waals surface area contributed by atoms with Crippen LogP contribution in [0.1, 0.15) is 45.3 Å². The van der Waals surface area contributed by atoms with Crippen LogP contribution in [0.5, 0.6) is 0 Å². The van der Waals surface area contributed by atoms with Gasteiger partial charge in [0.2, 0.25) is 0 Å². The van der Waals surface area contributed by atoms with E-state index >= 15 is 0 Å².